The highest BCUT2D eigenvalue weighted by Gasteiger charge is 2.36. The predicted octanol–water partition coefficient (Wildman–Crippen LogP) is 7.87. The molecule has 0 aliphatic rings. The fraction of sp³-hybridized carbons (Fsp3) is 1.00. The van der Waals surface area contributed by atoms with Gasteiger partial charge in [0, 0.05) is 33.4 Å². The van der Waals surface area contributed by atoms with Crippen LogP contribution in [-0.4, -0.2) is 55.2 Å². The van der Waals surface area contributed by atoms with E-state index in [2.05, 4.69) is 25.9 Å². The third kappa shape index (κ3) is 18.5. The maximum atomic E-state index is 5.51. The molecule has 4 nitrogen and oxygen atoms in total. The smallest absolute Gasteiger partial charge is 0.377 e. The molecule has 0 aliphatic carbocycles. The highest BCUT2D eigenvalue weighted by atomic mass is 35.5. The first kappa shape index (κ1) is 33.5. The van der Waals surface area contributed by atoms with E-state index >= 15 is 0 Å². The van der Waals surface area contributed by atoms with Crippen molar-refractivity contribution in [3.8, 4) is 0 Å². The fourth-order valence-electron chi connectivity index (χ4n) is 4.34. The van der Waals surface area contributed by atoms with Crippen LogP contribution in [0.5, 0.6) is 0 Å². The Labute approximate surface area is 203 Å². The van der Waals surface area contributed by atoms with Gasteiger partial charge in [0.2, 0.25) is 0 Å². The molecule has 0 saturated carbocycles. The molecule has 0 aliphatic heterocycles. The van der Waals surface area contributed by atoms with Gasteiger partial charge in [0.1, 0.15) is 0 Å². The van der Waals surface area contributed by atoms with Gasteiger partial charge in [-0.15, -0.1) is 12.4 Å². The van der Waals surface area contributed by atoms with Gasteiger partial charge in [-0.1, -0.05) is 96.8 Å². The Morgan fingerprint density at radius 3 is 1.29 bits per heavy atom. The zero-order valence-corrected chi connectivity index (χ0v) is 23.7. The van der Waals surface area contributed by atoms with Crippen LogP contribution < -0.4 is 0 Å². The number of hydrogen-bond donors (Lipinski definition) is 0. The van der Waals surface area contributed by atoms with Crippen LogP contribution in [0, 0.1) is 0 Å². The highest BCUT2D eigenvalue weighted by Crippen LogP contribution is 2.20. The van der Waals surface area contributed by atoms with Gasteiger partial charge in [-0.3, -0.25) is 0 Å². The second kappa shape index (κ2) is 23.5. The number of hydrogen-bond acceptors (Lipinski definition) is 4. The second-order valence-electron chi connectivity index (χ2n) is 9.19. The van der Waals surface area contributed by atoms with E-state index in [9.17, 15) is 0 Å². The summed E-state index contributed by atoms with van der Waals surface area (Å²) in [6.45, 7) is 2.29. The zero-order valence-electron chi connectivity index (χ0n) is 21.9. The van der Waals surface area contributed by atoms with Gasteiger partial charge in [-0.2, -0.15) is 0 Å². The van der Waals surface area contributed by atoms with Crippen LogP contribution in [0.1, 0.15) is 116 Å². The normalized spacial score (nSPS) is 12.9. The van der Waals surface area contributed by atoms with Gasteiger partial charge in [0.15, 0.2) is 0 Å². The van der Waals surface area contributed by atoms with Crippen LogP contribution in [0.2, 0.25) is 6.04 Å². The summed E-state index contributed by atoms with van der Waals surface area (Å²) in [6.07, 6.45) is 23.4. The molecule has 0 N–H and O–H groups in total. The molecule has 0 amide bonds. The van der Waals surface area contributed by atoms with Crippen LogP contribution in [-0.2, 0) is 13.3 Å². The zero-order chi connectivity index (χ0) is 22.5. The van der Waals surface area contributed by atoms with Crippen molar-refractivity contribution in [3.63, 3.8) is 0 Å². The number of rotatable bonds is 23. The lowest BCUT2D eigenvalue weighted by molar-refractivity contribution is 0.122. The Kier molecular flexibility index (Phi) is 25.4. The van der Waals surface area contributed by atoms with Crippen LogP contribution in [0.4, 0.5) is 0 Å². The standard InChI is InChI=1S/C25H55NO3Si.ClH/c1-7-8-9-10-11-12-13-14-15-16-19-22-25(26(2)3)23-20-17-18-21-24-30(27-4,28-5)29-6;/h25H,7-24H2,1-6H3;1H. The SMILES string of the molecule is CCCCCCCCCCCCCC(CCCCCC[Si](OC)(OC)OC)N(C)C.Cl. The third-order valence-electron chi connectivity index (χ3n) is 6.57. The topological polar surface area (TPSA) is 30.9 Å². The number of halogens is 1. The summed E-state index contributed by atoms with van der Waals surface area (Å²) in [5, 5.41) is 0. The van der Waals surface area contributed by atoms with Gasteiger partial charge in [-0.05, 0) is 33.4 Å². The maximum Gasteiger partial charge on any atom is 0.500 e. The van der Waals surface area contributed by atoms with Crippen molar-refractivity contribution in [2.45, 2.75) is 128 Å². The van der Waals surface area contributed by atoms with Crippen molar-refractivity contribution >= 4 is 21.2 Å². The molecule has 0 aromatic rings. The first-order valence-corrected chi connectivity index (χ1v) is 14.8. The minimum absolute atomic E-state index is 0. The van der Waals surface area contributed by atoms with E-state index in [1.54, 1.807) is 21.3 Å². The average Bonchev–Trinajstić information content (AvgIpc) is 2.75. The Morgan fingerprint density at radius 1 is 0.581 bits per heavy atom. The van der Waals surface area contributed by atoms with Gasteiger partial charge in [0.25, 0.3) is 0 Å². The van der Waals surface area contributed by atoms with Gasteiger partial charge in [0.05, 0.1) is 0 Å². The lowest BCUT2D eigenvalue weighted by Crippen LogP contribution is -2.42. The van der Waals surface area contributed by atoms with Crippen LogP contribution in [0.15, 0.2) is 0 Å². The molecule has 0 aromatic heterocycles. The second-order valence-corrected chi connectivity index (χ2v) is 12.3. The van der Waals surface area contributed by atoms with E-state index in [1.807, 2.05) is 0 Å². The first-order chi connectivity index (χ1) is 14.5. The van der Waals surface area contributed by atoms with Crippen molar-refractivity contribution in [2.75, 3.05) is 35.4 Å². The summed E-state index contributed by atoms with van der Waals surface area (Å²) in [7, 11) is 7.24. The molecule has 190 valence electrons. The molecule has 0 radical (unpaired) electrons. The molecule has 1 unspecified atom stereocenters. The minimum atomic E-state index is -2.37. The Bertz CT molecular complexity index is 349. The average molecular weight is 482 g/mol. The Hall–Kier alpha value is 0.347. The minimum Gasteiger partial charge on any atom is -0.377 e. The molecule has 0 rings (SSSR count). The van der Waals surface area contributed by atoms with Gasteiger partial charge in [-0.25, -0.2) is 0 Å². The van der Waals surface area contributed by atoms with E-state index < -0.39 is 8.80 Å². The van der Waals surface area contributed by atoms with Crippen LogP contribution in [0.3, 0.4) is 0 Å². The molecule has 0 spiro atoms. The molecule has 0 fully saturated rings. The van der Waals surface area contributed by atoms with Crippen LogP contribution >= 0.6 is 12.4 Å². The lowest BCUT2D eigenvalue weighted by Gasteiger charge is -2.25. The largest absolute Gasteiger partial charge is 0.500 e. The first-order valence-electron chi connectivity index (χ1n) is 12.9. The monoisotopic (exact) mass is 481 g/mol. The molecular formula is C25H56ClNO3Si. The Morgan fingerprint density at radius 2 is 0.935 bits per heavy atom. The van der Waals surface area contributed by atoms with E-state index in [1.165, 1.54) is 103 Å². The van der Waals surface area contributed by atoms with E-state index in [-0.39, 0.29) is 12.4 Å². The lowest BCUT2D eigenvalue weighted by atomic mass is 9.99. The summed E-state index contributed by atoms with van der Waals surface area (Å²) < 4.78 is 16.5. The fourth-order valence-corrected chi connectivity index (χ4v) is 6.13. The summed E-state index contributed by atoms with van der Waals surface area (Å²) in [4.78, 5) is 2.44. The summed E-state index contributed by atoms with van der Waals surface area (Å²) in [6, 6.07) is 1.67. The van der Waals surface area contributed by atoms with Crippen molar-refractivity contribution in [2.24, 2.45) is 0 Å². The van der Waals surface area contributed by atoms with Crippen LogP contribution in [0.25, 0.3) is 0 Å². The molecule has 0 heterocycles. The van der Waals surface area contributed by atoms with Crippen molar-refractivity contribution in [1.29, 1.82) is 0 Å². The quantitative estimate of drug-likeness (QED) is 0.110. The molecule has 0 aromatic carbocycles. The van der Waals surface area contributed by atoms with Gasteiger partial charge < -0.3 is 18.2 Å². The molecule has 31 heavy (non-hydrogen) atoms. The molecule has 1 atom stereocenters. The number of nitrogens with zero attached hydrogens (tertiary/aromatic N) is 1. The van der Waals surface area contributed by atoms with E-state index in [0.717, 1.165) is 18.5 Å². The Balaban J connectivity index is 0. The molecular weight excluding hydrogens is 426 g/mol. The highest BCUT2D eigenvalue weighted by molar-refractivity contribution is 6.60. The van der Waals surface area contributed by atoms with E-state index in [4.69, 9.17) is 13.3 Å². The summed E-state index contributed by atoms with van der Waals surface area (Å²) in [5.74, 6) is 0. The molecule has 0 bridgehead atoms. The summed E-state index contributed by atoms with van der Waals surface area (Å²) >= 11 is 0. The van der Waals surface area contributed by atoms with E-state index in [0.29, 0.717) is 0 Å². The number of unbranched alkanes of at least 4 members (excludes halogenated alkanes) is 13. The van der Waals surface area contributed by atoms with Crippen molar-refractivity contribution in [3.05, 3.63) is 0 Å². The predicted molar refractivity (Wildman–Crippen MR) is 140 cm³/mol. The molecule has 0 saturated heterocycles. The third-order valence-corrected chi connectivity index (χ3v) is 9.41. The van der Waals surface area contributed by atoms with Crippen molar-refractivity contribution in [1.82, 2.24) is 4.90 Å². The maximum absolute atomic E-state index is 5.51. The molecule has 6 heteroatoms. The van der Waals surface area contributed by atoms with Crippen molar-refractivity contribution < 1.29 is 13.3 Å². The summed E-state index contributed by atoms with van der Waals surface area (Å²) in [5.41, 5.74) is 0. The van der Waals surface area contributed by atoms with Gasteiger partial charge >= 0.3 is 8.80 Å².